The number of aliphatic hydroxyl groups is 1. The molecule has 0 amide bonds. The van der Waals surface area contributed by atoms with E-state index in [9.17, 15) is 22.7 Å². The van der Waals surface area contributed by atoms with Gasteiger partial charge in [-0.2, -0.15) is 0 Å². The summed E-state index contributed by atoms with van der Waals surface area (Å²) in [5.74, 6) is -1.24. The molecule has 0 saturated heterocycles. The molecule has 0 bridgehead atoms. The molecular formula is C11H10F4O2. The summed E-state index contributed by atoms with van der Waals surface area (Å²) in [7, 11) is 0. The maximum absolute atomic E-state index is 13.4. The third-order valence-corrected chi connectivity index (χ3v) is 2.85. The van der Waals surface area contributed by atoms with Crippen LogP contribution in [0.15, 0.2) is 18.2 Å². The van der Waals surface area contributed by atoms with E-state index in [2.05, 4.69) is 4.74 Å². The van der Waals surface area contributed by atoms with Crippen LogP contribution in [0, 0.1) is 5.82 Å². The van der Waals surface area contributed by atoms with E-state index in [1.54, 1.807) is 0 Å². The molecule has 1 aromatic carbocycles. The topological polar surface area (TPSA) is 29.5 Å². The molecule has 17 heavy (non-hydrogen) atoms. The number of rotatable bonds is 2. The Bertz CT molecular complexity index is 424. The van der Waals surface area contributed by atoms with Gasteiger partial charge in [-0.1, -0.05) is 0 Å². The van der Waals surface area contributed by atoms with Crippen LogP contribution in [0.2, 0.25) is 0 Å². The van der Waals surface area contributed by atoms with Crippen molar-refractivity contribution in [2.75, 3.05) is 0 Å². The molecule has 2 nitrogen and oxygen atoms in total. The summed E-state index contributed by atoms with van der Waals surface area (Å²) in [5.41, 5.74) is -1.49. The van der Waals surface area contributed by atoms with Crippen molar-refractivity contribution in [2.45, 2.75) is 31.2 Å². The van der Waals surface area contributed by atoms with E-state index in [0.717, 1.165) is 24.6 Å². The van der Waals surface area contributed by atoms with Crippen LogP contribution in [0.4, 0.5) is 17.6 Å². The van der Waals surface area contributed by atoms with Crippen molar-refractivity contribution in [1.82, 2.24) is 0 Å². The number of ether oxygens (including phenoxy) is 1. The molecular weight excluding hydrogens is 240 g/mol. The maximum Gasteiger partial charge on any atom is 0.573 e. The Morgan fingerprint density at radius 2 is 1.88 bits per heavy atom. The van der Waals surface area contributed by atoms with Crippen molar-refractivity contribution < 1.29 is 27.4 Å². The smallest absolute Gasteiger partial charge is 0.406 e. The van der Waals surface area contributed by atoms with Gasteiger partial charge in [0.1, 0.15) is 11.6 Å². The lowest BCUT2D eigenvalue weighted by Gasteiger charge is -2.37. The molecule has 0 heterocycles. The highest BCUT2D eigenvalue weighted by molar-refractivity contribution is 5.35. The molecule has 0 unspecified atom stereocenters. The lowest BCUT2D eigenvalue weighted by atomic mass is 9.75. The fraction of sp³-hybridized carbons (Fsp3) is 0.455. The van der Waals surface area contributed by atoms with E-state index in [4.69, 9.17) is 0 Å². The minimum absolute atomic E-state index is 0.134. The molecule has 0 aliphatic heterocycles. The van der Waals surface area contributed by atoms with E-state index in [-0.39, 0.29) is 5.56 Å². The van der Waals surface area contributed by atoms with Gasteiger partial charge in [0.2, 0.25) is 0 Å². The summed E-state index contributed by atoms with van der Waals surface area (Å²) in [4.78, 5) is 0. The highest BCUT2D eigenvalue weighted by atomic mass is 19.4. The maximum atomic E-state index is 13.4. The van der Waals surface area contributed by atoms with Gasteiger partial charge in [0.15, 0.2) is 0 Å². The fourth-order valence-electron chi connectivity index (χ4n) is 1.84. The average molecular weight is 250 g/mol. The van der Waals surface area contributed by atoms with Crippen LogP contribution in [-0.2, 0) is 5.60 Å². The SMILES string of the molecule is OC1(c2cc(OC(F)(F)F)ccc2F)CCC1. The zero-order valence-corrected chi connectivity index (χ0v) is 8.72. The first-order chi connectivity index (χ1) is 7.80. The second-order valence-corrected chi connectivity index (χ2v) is 4.07. The zero-order valence-electron chi connectivity index (χ0n) is 8.72. The summed E-state index contributed by atoms with van der Waals surface area (Å²) < 4.78 is 53.1. The van der Waals surface area contributed by atoms with Crippen LogP contribution >= 0.6 is 0 Å². The number of benzene rings is 1. The van der Waals surface area contributed by atoms with E-state index >= 15 is 0 Å². The van der Waals surface area contributed by atoms with Crippen molar-refractivity contribution in [3.8, 4) is 5.75 Å². The van der Waals surface area contributed by atoms with Gasteiger partial charge in [-0.15, -0.1) is 13.2 Å². The Morgan fingerprint density at radius 1 is 1.24 bits per heavy atom. The molecule has 1 saturated carbocycles. The number of halogens is 4. The second kappa shape index (κ2) is 3.87. The van der Waals surface area contributed by atoms with Gasteiger partial charge in [0.25, 0.3) is 0 Å². The zero-order chi connectivity index (χ0) is 12.7. The molecule has 1 N–H and O–H groups in total. The van der Waals surface area contributed by atoms with Crippen molar-refractivity contribution in [3.63, 3.8) is 0 Å². The van der Waals surface area contributed by atoms with Crippen LogP contribution in [-0.4, -0.2) is 11.5 Å². The Morgan fingerprint density at radius 3 is 2.35 bits per heavy atom. The Labute approximate surface area is 94.8 Å². The first-order valence-electron chi connectivity index (χ1n) is 5.08. The highest BCUT2D eigenvalue weighted by Crippen LogP contribution is 2.43. The lowest BCUT2D eigenvalue weighted by Crippen LogP contribution is -2.34. The summed E-state index contributed by atoms with van der Waals surface area (Å²) >= 11 is 0. The third kappa shape index (κ3) is 2.52. The predicted molar refractivity (Wildman–Crippen MR) is 50.8 cm³/mol. The predicted octanol–water partition coefficient (Wildman–Crippen LogP) is 3.10. The van der Waals surface area contributed by atoms with E-state index in [1.165, 1.54) is 0 Å². The molecule has 0 atom stereocenters. The van der Waals surface area contributed by atoms with Crippen molar-refractivity contribution in [3.05, 3.63) is 29.6 Å². The number of hydrogen-bond acceptors (Lipinski definition) is 2. The molecule has 6 heteroatoms. The first-order valence-corrected chi connectivity index (χ1v) is 5.08. The van der Waals surface area contributed by atoms with Crippen molar-refractivity contribution in [2.24, 2.45) is 0 Å². The average Bonchev–Trinajstić information content (AvgIpc) is 2.15. The third-order valence-electron chi connectivity index (χ3n) is 2.85. The van der Waals surface area contributed by atoms with Gasteiger partial charge >= 0.3 is 6.36 Å². The van der Waals surface area contributed by atoms with Gasteiger partial charge < -0.3 is 9.84 Å². The molecule has 2 rings (SSSR count). The van der Waals surface area contributed by atoms with Crippen molar-refractivity contribution >= 4 is 0 Å². The van der Waals surface area contributed by atoms with E-state index in [0.29, 0.717) is 12.8 Å². The Balaban J connectivity index is 2.30. The summed E-state index contributed by atoms with van der Waals surface area (Å²) in [6, 6.07) is 2.66. The lowest BCUT2D eigenvalue weighted by molar-refractivity contribution is -0.274. The van der Waals surface area contributed by atoms with Crippen LogP contribution in [0.1, 0.15) is 24.8 Å². The summed E-state index contributed by atoms with van der Waals surface area (Å²) in [6.45, 7) is 0. The monoisotopic (exact) mass is 250 g/mol. The molecule has 1 fully saturated rings. The van der Waals surface area contributed by atoms with Crippen LogP contribution < -0.4 is 4.74 Å². The van der Waals surface area contributed by atoms with Gasteiger partial charge in [-0.25, -0.2) is 4.39 Å². The molecule has 0 radical (unpaired) electrons. The van der Waals surface area contributed by atoms with Crippen molar-refractivity contribution in [1.29, 1.82) is 0 Å². The minimum Gasteiger partial charge on any atom is -0.406 e. The standard InChI is InChI=1S/C11H10F4O2/c12-9-3-2-7(17-11(13,14)15)6-8(9)10(16)4-1-5-10/h2-3,6,16H,1,4-5H2. The Kier molecular flexibility index (Phi) is 2.77. The highest BCUT2D eigenvalue weighted by Gasteiger charge is 2.39. The van der Waals surface area contributed by atoms with Gasteiger partial charge in [0.05, 0.1) is 5.60 Å². The van der Waals surface area contributed by atoms with Crippen LogP contribution in [0.3, 0.4) is 0 Å². The summed E-state index contributed by atoms with van der Waals surface area (Å²) in [6.07, 6.45) is -3.41. The molecule has 0 spiro atoms. The summed E-state index contributed by atoms with van der Waals surface area (Å²) in [5, 5.41) is 9.91. The number of alkyl halides is 3. The molecule has 1 aliphatic carbocycles. The second-order valence-electron chi connectivity index (χ2n) is 4.07. The largest absolute Gasteiger partial charge is 0.573 e. The molecule has 1 aliphatic rings. The molecule has 0 aromatic heterocycles. The van der Waals surface area contributed by atoms with Gasteiger partial charge in [0, 0.05) is 5.56 Å². The van der Waals surface area contributed by atoms with Gasteiger partial charge in [-0.3, -0.25) is 0 Å². The first kappa shape index (κ1) is 12.2. The normalized spacial score (nSPS) is 18.6. The van der Waals surface area contributed by atoms with E-state index < -0.39 is 23.5 Å². The Hall–Kier alpha value is -1.30. The number of hydrogen-bond donors (Lipinski definition) is 1. The van der Waals surface area contributed by atoms with E-state index in [1.807, 2.05) is 0 Å². The quantitative estimate of drug-likeness (QED) is 0.817. The minimum atomic E-state index is -4.82. The molecule has 94 valence electrons. The van der Waals surface area contributed by atoms with Crippen LogP contribution in [0.25, 0.3) is 0 Å². The molecule has 1 aromatic rings. The fourth-order valence-corrected chi connectivity index (χ4v) is 1.84. The van der Waals surface area contributed by atoms with Gasteiger partial charge in [-0.05, 0) is 37.5 Å². The van der Waals surface area contributed by atoms with Crippen LogP contribution in [0.5, 0.6) is 5.75 Å².